The molecule has 0 radical (unpaired) electrons. The van der Waals surface area contributed by atoms with E-state index in [1.54, 1.807) is 0 Å². The highest BCUT2D eigenvalue weighted by Crippen LogP contribution is 2.54. The highest BCUT2D eigenvalue weighted by atomic mass is 16.3. The molecule has 0 atom stereocenters. The van der Waals surface area contributed by atoms with Gasteiger partial charge in [-0.15, -0.1) is 0 Å². The van der Waals surface area contributed by atoms with Crippen LogP contribution in [0.1, 0.15) is 25.0 Å². The normalized spacial score (nSPS) is 12.8. The molecule has 0 saturated carbocycles. The van der Waals surface area contributed by atoms with Gasteiger partial charge in [-0.2, -0.15) is 0 Å². The largest absolute Gasteiger partial charge is 0.454 e. The van der Waals surface area contributed by atoms with Crippen LogP contribution in [0.4, 0.5) is 34.1 Å². The Morgan fingerprint density at radius 2 is 0.773 bits per heavy atom. The third kappa shape index (κ3) is 6.63. The van der Waals surface area contributed by atoms with E-state index in [9.17, 15) is 0 Å². The van der Waals surface area contributed by atoms with Crippen LogP contribution in [-0.4, -0.2) is 0 Å². The van der Waals surface area contributed by atoms with Crippen LogP contribution >= 0.6 is 0 Å². The summed E-state index contributed by atoms with van der Waals surface area (Å²) in [6, 6.07) is 92.1. The Hall–Kier alpha value is -9.64. The molecule has 75 heavy (non-hydrogen) atoms. The topological polar surface area (TPSA) is 32.8 Å². The zero-order chi connectivity index (χ0) is 49.8. The number of fused-ring (bicyclic) bond motifs is 10. The van der Waals surface area contributed by atoms with Gasteiger partial charge in [0.1, 0.15) is 11.2 Å². The smallest absolute Gasteiger partial charge is 0.159 e. The molecule has 2 heterocycles. The molecule has 2 aromatic heterocycles. The van der Waals surface area contributed by atoms with Crippen LogP contribution in [0.15, 0.2) is 264 Å². The molecular formula is C71H48N2O2. The molecule has 4 heteroatoms. The van der Waals surface area contributed by atoms with E-state index in [-0.39, 0.29) is 5.41 Å². The maximum absolute atomic E-state index is 6.81. The van der Waals surface area contributed by atoms with Crippen molar-refractivity contribution in [2.75, 3.05) is 9.80 Å². The molecule has 0 aliphatic heterocycles. The Labute approximate surface area is 434 Å². The van der Waals surface area contributed by atoms with Crippen molar-refractivity contribution < 1.29 is 8.83 Å². The summed E-state index contributed by atoms with van der Waals surface area (Å²) in [5.41, 5.74) is 19.0. The molecule has 12 aromatic carbocycles. The van der Waals surface area contributed by atoms with Crippen LogP contribution in [0.2, 0.25) is 0 Å². The van der Waals surface area contributed by atoms with Crippen molar-refractivity contribution in [3.05, 3.63) is 266 Å². The molecule has 0 fully saturated rings. The second-order valence-electron chi connectivity index (χ2n) is 20.4. The molecular weight excluding hydrogens is 913 g/mol. The van der Waals surface area contributed by atoms with E-state index in [1.807, 2.05) is 12.1 Å². The lowest BCUT2D eigenvalue weighted by molar-refractivity contribution is 0.645. The lowest BCUT2D eigenvalue weighted by Gasteiger charge is -2.37. The first-order valence-corrected chi connectivity index (χ1v) is 25.8. The molecule has 14 aromatic rings. The van der Waals surface area contributed by atoms with Crippen LogP contribution in [0.25, 0.3) is 98.8 Å². The maximum atomic E-state index is 6.81. The summed E-state index contributed by atoms with van der Waals surface area (Å²) in [6.45, 7) is 4.79. The molecule has 354 valence electrons. The zero-order valence-electron chi connectivity index (χ0n) is 41.5. The molecule has 0 saturated heterocycles. The van der Waals surface area contributed by atoms with Gasteiger partial charge in [-0.05, 0) is 122 Å². The van der Waals surface area contributed by atoms with Gasteiger partial charge in [-0.1, -0.05) is 202 Å². The number of rotatable bonds is 8. The molecule has 0 spiro atoms. The van der Waals surface area contributed by atoms with Crippen molar-refractivity contribution in [2.24, 2.45) is 0 Å². The first-order valence-electron chi connectivity index (χ1n) is 25.8. The van der Waals surface area contributed by atoms with Gasteiger partial charge in [0.05, 0.1) is 22.7 Å². The maximum Gasteiger partial charge on any atom is 0.159 e. The second-order valence-corrected chi connectivity index (χ2v) is 20.4. The predicted octanol–water partition coefficient (Wildman–Crippen LogP) is 20.4. The standard InChI is InChI=1S/C71H48N2O2/c1-71(2)60-31-17-28-55-58-43-48(72(62-32-13-9-24-50(62)45-20-5-3-6-21-45)64-34-18-29-56-53-26-11-15-36-66(53)74-69(56)64)39-38-47(58)42-59(68(55)60)52-41-40-49(44-61(52)71)73(63-33-14-10-25-51(63)46-22-7-4-8-23-46)65-35-19-30-57-54-27-12-16-37-67(54)75-70(57)65/h3-44H,1-2H3. The van der Waals surface area contributed by atoms with Crippen LogP contribution in [0.5, 0.6) is 0 Å². The van der Waals surface area contributed by atoms with Crippen molar-refractivity contribution in [1.29, 1.82) is 0 Å². The van der Waals surface area contributed by atoms with Gasteiger partial charge in [-0.25, -0.2) is 0 Å². The summed E-state index contributed by atoms with van der Waals surface area (Å²) >= 11 is 0. The zero-order valence-corrected chi connectivity index (χ0v) is 41.5. The van der Waals surface area contributed by atoms with E-state index in [2.05, 4.69) is 266 Å². The summed E-state index contributed by atoms with van der Waals surface area (Å²) in [5, 5.41) is 9.30. The number of hydrogen-bond donors (Lipinski definition) is 0. The number of para-hydroxylation sites is 6. The Bertz CT molecular complexity index is 4580. The minimum atomic E-state index is -0.364. The Morgan fingerprint density at radius 3 is 1.37 bits per heavy atom. The van der Waals surface area contributed by atoms with Crippen molar-refractivity contribution in [3.8, 4) is 33.4 Å². The summed E-state index contributed by atoms with van der Waals surface area (Å²) < 4.78 is 13.6. The third-order valence-corrected chi connectivity index (χ3v) is 15.8. The van der Waals surface area contributed by atoms with E-state index in [0.29, 0.717) is 0 Å². The van der Waals surface area contributed by atoms with E-state index < -0.39 is 0 Å². The van der Waals surface area contributed by atoms with E-state index in [4.69, 9.17) is 8.83 Å². The fraction of sp³-hybridized carbons (Fsp3) is 0.0423. The van der Waals surface area contributed by atoms with Gasteiger partial charge >= 0.3 is 0 Å². The summed E-state index contributed by atoms with van der Waals surface area (Å²) in [5.74, 6) is 0. The summed E-state index contributed by atoms with van der Waals surface area (Å²) in [7, 11) is 0. The van der Waals surface area contributed by atoms with Crippen molar-refractivity contribution in [2.45, 2.75) is 19.3 Å². The first-order chi connectivity index (χ1) is 37.0. The van der Waals surface area contributed by atoms with E-state index in [0.717, 1.165) is 100 Å². The highest BCUT2D eigenvalue weighted by Gasteiger charge is 2.35. The number of furan rings is 2. The number of hydrogen-bond acceptors (Lipinski definition) is 4. The minimum Gasteiger partial charge on any atom is -0.454 e. The molecule has 0 bridgehead atoms. The van der Waals surface area contributed by atoms with Gasteiger partial charge in [0.2, 0.25) is 0 Å². The van der Waals surface area contributed by atoms with E-state index >= 15 is 0 Å². The van der Waals surface area contributed by atoms with Crippen LogP contribution < -0.4 is 9.80 Å². The fourth-order valence-corrected chi connectivity index (χ4v) is 12.3. The lowest BCUT2D eigenvalue weighted by atomic mass is 9.68. The van der Waals surface area contributed by atoms with Crippen LogP contribution in [0, 0.1) is 0 Å². The number of benzene rings is 12. The van der Waals surface area contributed by atoms with Crippen molar-refractivity contribution >= 4 is 99.5 Å². The summed E-state index contributed by atoms with van der Waals surface area (Å²) in [6.07, 6.45) is 0. The Morgan fingerprint density at radius 1 is 0.307 bits per heavy atom. The molecule has 1 aliphatic carbocycles. The van der Waals surface area contributed by atoms with E-state index in [1.165, 1.54) is 43.8 Å². The molecule has 0 amide bonds. The molecule has 0 N–H and O–H groups in total. The lowest BCUT2D eigenvalue weighted by Crippen LogP contribution is -2.24. The first kappa shape index (κ1) is 43.0. The van der Waals surface area contributed by atoms with Crippen LogP contribution in [0.3, 0.4) is 0 Å². The second kappa shape index (κ2) is 16.7. The quantitative estimate of drug-likeness (QED) is 0.142. The molecule has 15 rings (SSSR count). The number of anilines is 6. The highest BCUT2D eigenvalue weighted by molar-refractivity contribution is 6.19. The van der Waals surface area contributed by atoms with Gasteiger partial charge < -0.3 is 18.6 Å². The van der Waals surface area contributed by atoms with Gasteiger partial charge in [0, 0.05) is 49.5 Å². The Balaban J connectivity index is 0.934. The predicted molar refractivity (Wildman–Crippen MR) is 314 cm³/mol. The van der Waals surface area contributed by atoms with Gasteiger partial charge in [0.25, 0.3) is 0 Å². The third-order valence-electron chi connectivity index (χ3n) is 15.8. The average molecular weight is 961 g/mol. The molecule has 0 unspecified atom stereocenters. The SMILES string of the molecule is CC1(C)c2cc(N(c3ccccc3-c3ccccc3)c3cccc4c3oc3ccccc34)ccc2-c2cc3ccc(N(c4ccccc4-c4ccccc4)c4cccc5c4oc4ccccc45)cc3c3cccc1c23. The monoisotopic (exact) mass is 960 g/mol. The summed E-state index contributed by atoms with van der Waals surface area (Å²) in [4.78, 5) is 4.81. The molecule has 1 aliphatic rings. The molecule has 4 nitrogen and oxygen atoms in total. The van der Waals surface area contributed by atoms with Crippen molar-refractivity contribution in [3.63, 3.8) is 0 Å². The van der Waals surface area contributed by atoms with Crippen LogP contribution in [-0.2, 0) is 5.41 Å². The fourth-order valence-electron chi connectivity index (χ4n) is 12.3. The minimum absolute atomic E-state index is 0.364. The average Bonchev–Trinajstić information content (AvgIpc) is 4.06. The van der Waals surface area contributed by atoms with Gasteiger partial charge in [-0.3, -0.25) is 0 Å². The van der Waals surface area contributed by atoms with Gasteiger partial charge in [0.15, 0.2) is 11.2 Å². The number of nitrogens with zero attached hydrogens (tertiary/aromatic N) is 2. The van der Waals surface area contributed by atoms with Crippen molar-refractivity contribution in [1.82, 2.24) is 0 Å². The Kier molecular flexibility index (Phi) is 9.58.